The molecule has 0 fully saturated rings. The normalized spacial score (nSPS) is 14.2. The molecule has 2 rings (SSSR count). The van der Waals surface area contributed by atoms with Crippen LogP contribution in [0.3, 0.4) is 0 Å². The number of fused-ring (bicyclic) bond motifs is 1. The zero-order valence-corrected chi connectivity index (χ0v) is 9.48. The largest absolute Gasteiger partial charge is 0.486 e. The first kappa shape index (κ1) is 11.2. The Morgan fingerprint density at radius 1 is 1.25 bits per heavy atom. The van der Waals surface area contributed by atoms with Gasteiger partial charge in [-0.1, -0.05) is 6.07 Å². The minimum Gasteiger partial charge on any atom is -0.486 e. The first-order valence-electron chi connectivity index (χ1n) is 5.47. The van der Waals surface area contributed by atoms with E-state index in [0.717, 1.165) is 18.0 Å². The maximum Gasteiger partial charge on any atom is 0.161 e. The van der Waals surface area contributed by atoms with E-state index in [2.05, 4.69) is 4.90 Å². The van der Waals surface area contributed by atoms with Gasteiger partial charge in [0.05, 0.1) is 6.61 Å². The zero-order valence-electron chi connectivity index (χ0n) is 9.48. The molecular formula is C12H17NO3. The first-order chi connectivity index (χ1) is 7.79. The molecule has 1 N–H and O–H groups in total. The van der Waals surface area contributed by atoms with Gasteiger partial charge in [-0.3, -0.25) is 4.90 Å². The van der Waals surface area contributed by atoms with Crippen molar-refractivity contribution in [2.75, 3.05) is 33.4 Å². The Morgan fingerprint density at radius 2 is 2.00 bits per heavy atom. The Bertz CT molecular complexity index is 354. The highest BCUT2D eigenvalue weighted by Crippen LogP contribution is 2.30. The lowest BCUT2D eigenvalue weighted by atomic mass is 10.2. The monoisotopic (exact) mass is 223 g/mol. The number of hydrogen-bond acceptors (Lipinski definition) is 4. The van der Waals surface area contributed by atoms with Gasteiger partial charge in [0.2, 0.25) is 0 Å². The van der Waals surface area contributed by atoms with Gasteiger partial charge in [0, 0.05) is 13.1 Å². The molecule has 0 radical (unpaired) electrons. The zero-order chi connectivity index (χ0) is 11.4. The summed E-state index contributed by atoms with van der Waals surface area (Å²) in [6.07, 6.45) is 0. The van der Waals surface area contributed by atoms with E-state index in [1.165, 1.54) is 5.56 Å². The van der Waals surface area contributed by atoms with E-state index < -0.39 is 0 Å². The Hall–Kier alpha value is -1.26. The standard InChI is InChI=1S/C12H17NO3/c1-13(4-5-14)9-10-2-3-11-12(8-10)16-7-6-15-11/h2-3,8,14H,4-7,9H2,1H3. The van der Waals surface area contributed by atoms with Crippen molar-refractivity contribution in [2.45, 2.75) is 6.54 Å². The molecule has 4 nitrogen and oxygen atoms in total. The van der Waals surface area contributed by atoms with E-state index in [1.54, 1.807) is 0 Å². The molecule has 0 atom stereocenters. The maximum atomic E-state index is 8.82. The third-order valence-electron chi connectivity index (χ3n) is 2.54. The Balaban J connectivity index is 2.05. The molecule has 4 heteroatoms. The van der Waals surface area contributed by atoms with Crippen LogP contribution >= 0.6 is 0 Å². The van der Waals surface area contributed by atoms with Gasteiger partial charge in [0.1, 0.15) is 13.2 Å². The fourth-order valence-electron chi connectivity index (χ4n) is 1.75. The fraction of sp³-hybridized carbons (Fsp3) is 0.500. The number of aliphatic hydroxyl groups is 1. The van der Waals surface area contributed by atoms with Crippen LogP contribution in [0.5, 0.6) is 11.5 Å². The van der Waals surface area contributed by atoms with Crippen molar-refractivity contribution in [1.29, 1.82) is 0 Å². The van der Waals surface area contributed by atoms with Crippen LogP contribution in [0.15, 0.2) is 18.2 Å². The molecule has 0 amide bonds. The summed E-state index contributed by atoms with van der Waals surface area (Å²) in [6, 6.07) is 5.97. The molecule has 0 unspecified atom stereocenters. The van der Waals surface area contributed by atoms with Gasteiger partial charge >= 0.3 is 0 Å². The van der Waals surface area contributed by atoms with Gasteiger partial charge in [-0.25, -0.2) is 0 Å². The van der Waals surface area contributed by atoms with Crippen molar-refractivity contribution < 1.29 is 14.6 Å². The van der Waals surface area contributed by atoms with Gasteiger partial charge in [0.15, 0.2) is 11.5 Å². The molecule has 1 aliphatic rings. The van der Waals surface area contributed by atoms with Crippen LogP contribution in [-0.4, -0.2) is 43.4 Å². The van der Waals surface area contributed by atoms with E-state index in [1.807, 2.05) is 25.2 Å². The lowest BCUT2D eigenvalue weighted by Gasteiger charge is -2.20. The lowest BCUT2D eigenvalue weighted by molar-refractivity contribution is 0.171. The molecular weight excluding hydrogens is 206 g/mol. The number of likely N-dealkylation sites (N-methyl/N-ethyl adjacent to an activating group) is 1. The molecule has 0 saturated carbocycles. The minimum atomic E-state index is 0.182. The van der Waals surface area contributed by atoms with Gasteiger partial charge < -0.3 is 14.6 Å². The average molecular weight is 223 g/mol. The second-order valence-electron chi connectivity index (χ2n) is 3.94. The molecule has 1 aromatic rings. The predicted molar refractivity (Wildman–Crippen MR) is 60.9 cm³/mol. The highest BCUT2D eigenvalue weighted by Gasteiger charge is 2.12. The summed E-state index contributed by atoms with van der Waals surface area (Å²) >= 11 is 0. The molecule has 0 aliphatic carbocycles. The quantitative estimate of drug-likeness (QED) is 0.823. The molecule has 1 heterocycles. The van der Waals surface area contributed by atoms with Crippen molar-refractivity contribution in [3.8, 4) is 11.5 Å². The van der Waals surface area contributed by atoms with Gasteiger partial charge in [-0.2, -0.15) is 0 Å². The SMILES string of the molecule is CN(CCO)Cc1ccc2c(c1)OCCO2. The van der Waals surface area contributed by atoms with E-state index in [-0.39, 0.29) is 6.61 Å². The van der Waals surface area contributed by atoms with Crippen LogP contribution in [0, 0.1) is 0 Å². The summed E-state index contributed by atoms with van der Waals surface area (Å²) < 4.78 is 11.0. The van der Waals surface area contributed by atoms with Crippen molar-refractivity contribution in [1.82, 2.24) is 4.90 Å². The number of benzene rings is 1. The summed E-state index contributed by atoms with van der Waals surface area (Å²) in [4.78, 5) is 2.06. The molecule has 16 heavy (non-hydrogen) atoms. The van der Waals surface area contributed by atoms with Crippen LogP contribution in [0.25, 0.3) is 0 Å². The molecule has 0 spiro atoms. The summed E-state index contributed by atoms with van der Waals surface area (Å²) in [7, 11) is 1.98. The van der Waals surface area contributed by atoms with Gasteiger partial charge in [-0.05, 0) is 24.7 Å². The smallest absolute Gasteiger partial charge is 0.161 e. The van der Waals surface area contributed by atoms with Crippen LogP contribution in [0.2, 0.25) is 0 Å². The van der Waals surface area contributed by atoms with Crippen molar-refractivity contribution >= 4 is 0 Å². The number of ether oxygens (including phenoxy) is 2. The molecule has 0 saturated heterocycles. The Labute approximate surface area is 95.4 Å². The number of hydrogen-bond donors (Lipinski definition) is 1. The summed E-state index contributed by atoms with van der Waals surface area (Å²) in [5, 5.41) is 8.82. The molecule has 0 aromatic heterocycles. The van der Waals surface area contributed by atoms with E-state index in [0.29, 0.717) is 19.8 Å². The van der Waals surface area contributed by atoms with Crippen LogP contribution < -0.4 is 9.47 Å². The fourth-order valence-corrected chi connectivity index (χ4v) is 1.75. The highest BCUT2D eigenvalue weighted by molar-refractivity contribution is 5.43. The molecule has 0 bridgehead atoms. The molecule has 1 aliphatic heterocycles. The Kier molecular flexibility index (Phi) is 3.64. The number of aliphatic hydroxyl groups excluding tert-OH is 1. The third-order valence-corrected chi connectivity index (χ3v) is 2.54. The van der Waals surface area contributed by atoms with E-state index in [4.69, 9.17) is 14.6 Å². The van der Waals surface area contributed by atoms with E-state index in [9.17, 15) is 0 Å². The molecule has 88 valence electrons. The van der Waals surface area contributed by atoms with E-state index >= 15 is 0 Å². The first-order valence-corrected chi connectivity index (χ1v) is 5.47. The van der Waals surface area contributed by atoms with Crippen molar-refractivity contribution in [2.24, 2.45) is 0 Å². The third kappa shape index (κ3) is 2.65. The second kappa shape index (κ2) is 5.18. The van der Waals surface area contributed by atoms with Gasteiger partial charge in [0.25, 0.3) is 0 Å². The van der Waals surface area contributed by atoms with Crippen molar-refractivity contribution in [3.05, 3.63) is 23.8 Å². The topological polar surface area (TPSA) is 41.9 Å². The average Bonchev–Trinajstić information content (AvgIpc) is 2.29. The summed E-state index contributed by atoms with van der Waals surface area (Å²) in [6.45, 7) is 2.90. The lowest BCUT2D eigenvalue weighted by Crippen LogP contribution is -2.22. The summed E-state index contributed by atoms with van der Waals surface area (Å²) in [5.74, 6) is 1.64. The van der Waals surface area contributed by atoms with Crippen LogP contribution in [-0.2, 0) is 6.54 Å². The van der Waals surface area contributed by atoms with Crippen LogP contribution in [0.4, 0.5) is 0 Å². The predicted octanol–water partition coefficient (Wildman–Crippen LogP) is 0.882. The number of rotatable bonds is 4. The highest BCUT2D eigenvalue weighted by atomic mass is 16.6. The second-order valence-corrected chi connectivity index (χ2v) is 3.94. The minimum absolute atomic E-state index is 0.182. The van der Waals surface area contributed by atoms with Crippen LogP contribution in [0.1, 0.15) is 5.56 Å². The number of nitrogens with zero attached hydrogens (tertiary/aromatic N) is 1. The maximum absolute atomic E-state index is 8.82. The Morgan fingerprint density at radius 3 is 2.75 bits per heavy atom. The molecule has 1 aromatic carbocycles. The van der Waals surface area contributed by atoms with Gasteiger partial charge in [-0.15, -0.1) is 0 Å². The summed E-state index contributed by atoms with van der Waals surface area (Å²) in [5.41, 5.74) is 1.17. The van der Waals surface area contributed by atoms with Crippen molar-refractivity contribution in [3.63, 3.8) is 0 Å².